The summed E-state index contributed by atoms with van der Waals surface area (Å²) in [5.41, 5.74) is 2.47. The van der Waals surface area contributed by atoms with E-state index >= 15 is 0 Å². The summed E-state index contributed by atoms with van der Waals surface area (Å²) in [6.45, 7) is 4.07. The van der Waals surface area contributed by atoms with Crippen LogP contribution in [0.25, 0.3) is 10.9 Å². The van der Waals surface area contributed by atoms with E-state index in [0.29, 0.717) is 24.3 Å². The van der Waals surface area contributed by atoms with E-state index in [4.69, 9.17) is 0 Å². The summed E-state index contributed by atoms with van der Waals surface area (Å²) < 4.78 is 0. The average molecular weight is 377 g/mol. The van der Waals surface area contributed by atoms with Crippen molar-refractivity contribution < 1.29 is 14.7 Å². The molecule has 4 rings (SSSR count). The number of benzene rings is 2. The number of aromatic nitrogens is 1. The molecule has 6 nitrogen and oxygen atoms in total. The van der Waals surface area contributed by atoms with Gasteiger partial charge in [0.25, 0.3) is 5.91 Å². The first-order valence-corrected chi connectivity index (χ1v) is 9.34. The minimum atomic E-state index is -1.07. The van der Waals surface area contributed by atoms with Gasteiger partial charge in [-0.1, -0.05) is 48.0 Å². The number of carbonyl (C=O) groups excluding carboxylic acids is 2. The van der Waals surface area contributed by atoms with Gasteiger partial charge in [0.05, 0.1) is 12.2 Å². The first-order valence-electron chi connectivity index (χ1n) is 9.34. The van der Waals surface area contributed by atoms with Crippen molar-refractivity contribution in [3.05, 3.63) is 65.4 Å². The summed E-state index contributed by atoms with van der Waals surface area (Å²) in [7, 11) is 0. The smallest absolute Gasteiger partial charge is 0.272 e. The van der Waals surface area contributed by atoms with Crippen molar-refractivity contribution in [3.63, 3.8) is 0 Å². The molecule has 1 aliphatic rings. The van der Waals surface area contributed by atoms with E-state index < -0.39 is 5.60 Å². The lowest BCUT2D eigenvalue weighted by Gasteiger charge is -2.24. The van der Waals surface area contributed by atoms with Crippen molar-refractivity contribution >= 4 is 28.4 Å². The highest BCUT2D eigenvalue weighted by atomic mass is 16.3. The molecule has 0 radical (unpaired) electrons. The predicted octanol–water partition coefficient (Wildman–Crippen LogP) is 3.17. The van der Waals surface area contributed by atoms with Crippen molar-refractivity contribution in [3.8, 4) is 0 Å². The van der Waals surface area contributed by atoms with Crippen LogP contribution in [0.2, 0.25) is 0 Å². The number of fused-ring (bicyclic) bond motifs is 1. The number of para-hydroxylation sites is 1. The van der Waals surface area contributed by atoms with Gasteiger partial charge in [-0.15, -0.1) is 0 Å². The Bertz CT molecular complexity index is 1050. The molecule has 1 atom stereocenters. The molecular weight excluding hydrogens is 354 g/mol. The van der Waals surface area contributed by atoms with Crippen molar-refractivity contribution in [2.24, 2.45) is 0 Å². The average Bonchev–Trinajstić information content (AvgIpc) is 3.24. The Balaban J connectivity index is 1.65. The predicted molar refractivity (Wildman–Crippen MR) is 108 cm³/mol. The summed E-state index contributed by atoms with van der Waals surface area (Å²) >= 11 is 0. The van der Waals surface area contributed by atoms with Crippen LogP contribution in [0.1, 0.15) is 35.0 Å². The Labute approximate surface area is 163 Å². The number of likely N-dealkylation sites (tertiary alicyclic amines) is 1. The van der Waals surface area contributed by atoms with Crippen LogP contribution in [0.15, 0.2) is 48.5 Å². The number of H-pyrrole nitrogens is 1. The maximum atomic E-state index is 13.2. The van der Waals surface area contributed by atoms with Crippen LogP contribution in [0, 0.1) is 6.92 Å². The minimum Gasteiger partial charge on any atom is -0.383 e. The number of amides is 2. The van der Waals surface area contributed by atoms with Gasteiger partial charge < -0.3 is 20.3 Å². The summed E-state index contributed by atoms with van der Waals surface area (Å²) in [4.78, 5) is 29.7. The lowest BCUT2D eigenvalue weighted by atomic mass is 9.92. The monoisotopic (exact) mass is 377 g/mol. The van der Waals surface area contributed by atoms with Crippen LogP contribution in [0.3, 0.4) is 0 Å². The molecule has 6 heteroatoms. The summed E-state index contributed by atoms with van der Waals surface area (Å²) in [6, 6.07) is 15.2. The fraction of sp³-hybridized carbons (Fsp3) is 0.273. The first kappa shape index (κ1) is 18.3. The number of hydrogen-bond acceptors (Lipinski definition) is 3. The van der Waals surface area contributed by atoms with E-state index in [-0.39, 0.29) is 18.4 Å². The third-order valence-corrected chi connectivity index (χ3v) is 5.34. The molecular formula is C22H23N3O3. The Kier molecular flexibility index (Phi) is 4.43. The summed E-state index contributed by atoms with van der Waals surface area (Å²) in [5.74, 6) is -0.473. The van der Waals surface area contributed by atoms with Crippen molar-refractivity contribution in [2.45, 2.75) is 25.9 Å². The molecule has 2 heterocycles. The van der Waals surface area contributed by atoms with Gasteiger partial charge in [0.2, 0.25) is 5.91 Å². The van der Waals surface area contributed by atoms with Crippen LogP contribution in [-0.2, 0) is 10.4 Å². The number of aliphatic hydroxyl groups is 1. The maximum absolute atomic E-state index is 13.2. The third-order valence-electron chi connectivity index (χ3n) is 5.34. The molecule has 1 fully saturated rings. The maximum Gasteiger partial charge on any atom is 0.272 e. The van der Waals surface area contributed by atoms with Gasteiger partial charge >= 0.3 is 0 Å². The van der Waals surface area contributed by atoms with E-state index in [0.717, 1.165) is 22.0 Å². The van der Waals surface area contributed by atoms with Gasteiger partial charge in [0.1, 0.15) is 11.3 Å². The lowest BCUT2D eigenvalue weighted by molar-refractivity contribution is -0.114. The highest BCUT2D eigenvalue weighted by molar-refractivity contribution is 6.12. The van der Waals surface area contributed by atoms with E-state index in [9.17, 15) is 14.7 Å². The van der Waals surface area contributed by atoms with Crippen molar-refractivity contribution in [2.75, 3.05) is 18.4 Å². The van der Waals surface area contributed by atoms with Crippen LogP contribution in [0.5, 0.6) is 0 Å². The molecule has 144 valence electrons. The highest BCUT2D eigenvalue weighted by Crippen LogP contribution is 2.35. The molecule has 1 unspecified atom stereocenters. The molecule has 0 spiro atoms. The normalized spacial score (nSPS) is 19.2. The second-order valence-electron chi connectivity index (χ2n) is 7.48. The lowest BCUT2D eigenvalue weighted by Crippen LogP contribution is -2.35. The molecule has 0 bridgehead atoms. The minimum absolute atomic E-state index is 0.212. The standard InChI is InChI=1S/C22H23N3O3/c1-14-7-9-16(10-8-14)22(28)11-12-25(13-22)21(27)20-19(23-15(2)26)17-5-3-4-6-18(17)24-20/h3-10,24,28H,11-13H2,1-2H3,(H,23,26). The number of nitrogens with zero attached hydrogens (tertiary/aromatic N) is 1. The molecule has 2 aromatic carbocycles. The van der Waals surface area contributed by atoms with E-state index in [1.54, 1.807) is 4.90 Å². The summed E-state index contributed by atoms with van der Waals surface area (Å²) in [6.07, 6.45) is 0.470. The molecule has 1 aromatic heterocycles. The van der Waals surface area contributed by atoms with E-state index in [2.05, 4.69) is 10.3 Å². The van der Waals surface area contributed by atoms with Gasteiger partial charge in [-0.2, -0.15) is 0 Å². The van der Waals surface area contributed by atoms with Gasteiger partial charge in [-0.05, 0) is 25.0 Å². The van der Waals surface area contributed by atoms with Crippen molar-refractivity contribution in [1.29, 1.82) is 0 Å². The van der Waals surface area contributed by atoms with Crippen molar-refractivity contribution in [1.82, 2.24) is 9.88 Å². The number of carbonyl (C=O) groups is 2. The number of nitrogens with one attached hydrogen (secondary N) is 2. The van der Waals surface area contributed by atoms with Crippen LogP contribution >= 0.6 is 0 Å². The Morgan fingerprint density at radius 3 is 2.57 bits per heavy atom. The molecule has 1 aliphatic heterocycles. The number of aryl methyl sites for hydroxylation is 1. The molecule has 0 aliphatic carbocycles. The van der Waals surface area contributed by atoms with Crippen LogP contribution in [-0.4, -0.2) is 39.9 Å². The number of aromatic amines is 1. The molecule has 3 aromatic rings. The molecule has 1 saturated heterocycles. The topological polar surface area (TPSA) is 85.4 Å². The second-order valence-corrected chi connectivity index (χ2v) is 7.48. The third kappa shape index (κ3) is 3.16. The zero-order valence-electron chi connectivity index (χ0n) is 16.0. The Morgan fingerprint density at radius 1 is 1.14 bits per heavy atom. The largest absolute Gasteiger partial charge is 0.383 e. The van der Waals surface area contributed by atoms with E-state index in [1.807, 2.05) is 55.5 Å². The van der Waals surface area contributed by atoms with Crippen LogP contribution in [0.4, 0.5) is 5.69 Å². The van der Waals surface area contributed by atoms with Gasteiger partial charge in [0, 0.05) is 24.4 Å². The fourth-order valence-corrected chi connectivity index (χ4v) is 3.83. The number of hydrogen-bond donors (Lipinski definition) is 3. The van der Waals surface area contributed by atoms with Gasteiger partial charge in [-0.25, -0.2) is 0 Å². The van der Waals surface area contributed by atoms with Crippen LogP contribution < -0.4 is 5.32 Å². The fourth-order valence-electron chi connectivity index (χ4n) is 3.83. The quantitative estimate of drug-likeness (QED) is 0.655. The zero-order chi connectivity index (χ0) is 19.9. The molecule has 2 amide bonds. The highest BCUT2D eigenvalue weighted by Gasteiger charge is 2.40. The molecule has 3 N–H and O–H groups in total. The number of rotatable bonds is 3. The number of β-amino-alcohol motifs (C(OH)–C–C–N with tert-alkyl or cyclic N) is 1. The first-order chi connectivity index (χ1) is 13.4. The van der Waals surface area contributed by atoms with Gasteiger partial charge in [-0.3, -0.25) is 9.59 Å². The number of anilines is 1. The second kappa shape index (κ2) is 6.80. The SMILES string of the molecule is CC(=O)Nc1c(C(=O)N2CCC(O)(c3ccc(C)cc3)C2)[nH]c2ccccc12. The van der Waals surface area contributed by atoms with Gasteiger partial charge in [0.15, 0.2) is 0 Å². The molecule has 28 heavy (non-hydrogen) atoms. The molecule has 0 saturated carbocycles. The zero-order valence-corrected chi connectivity index (χ0v) is 16.0. The van der Waals surface area contributed by atoms with E-state index in [1.165, 1.54) is 6.92 Å². The summed E-state index contributed by atoms with van der Waals surface area (Å²) in [5, 5.41) is 14.7. The Morgan fingerprint density at radius 2 is 1.86 bits per heavy atom. The Hall–Kier alpha value is -3.12.